The minimum absolute atomic E-state index is 0.209. The molecule has 0 fully saturated rings. The first-order valence-corrected chi connectivity index (χ1v) is 15.0. The third-order valence-electron chi connectivity index (χ3n) is 8.88. The van der Waals surface area contributed by atoms with E-state index in [0.29, 0.717) is 0 Å². The Bertz CT molecular complexity index is 2090. The second-order valence-electron chi connectivity index (χ2n) is 10.9. The number of nitrogens with zero attached hydrogens (tertiary/aromatic N) is 2. The maximum atomic E-state index is 3.53. The van der Waals surface area contributed by atoms with E-state index in [9.17, 15) is 0 Å². The van der Waals surface area contributed by atoms with Gasteiger partial charge in [0, 0.05) is 55.6 Å². The molecule has 2 atom stereocenters. The maximum Gasteiger partial charge on any atom is 0.123 e. The van der Waals surface area contributed by atoms with Crippen molar-refractivity contribution in [1.29, 1.82) is 0 Å². The van der Waals surface area contributed by atoms with Crippen molar-refractivity contribution < 1.29 is 0 Å². The number of thiophene rings is 1. The molecule has 4 heterocycles. The largest absolute Gasteiger partial charge is 0.347 e. The van der Waals surface area contributed by atoms with Gasteiger partial charge in [-0.25, -0.2) is 0 Å². The Hall–Kier alpha value is -4.54. The van der Waals surface area contributed by atoms with E-state index in [0.717, 1.165) is 18.5 Å². The standard InChI is InChI=1S/C36H27N3S/c1-4-13-31-25(10-1)27-16-17-34-30(19-21-40-34)35(27)29-12-3-6-15-33(29)38(31)23-8-7-9-24(22-23)39-32-14-5-2-11-26(32)28-18-20-37-36(28)39/h1-6,9-22,25,31,37H,7-8H2. The van der Waals surface area contributed by atoms with Crippen molar-refractivity contribution in [3.05, 3.63) is 132 Å². The number of aromatic nitrogens is 2. The lowest BCUT2D eigenvalue weighted by atomic mass is 9.83. The Balaban J connectivity index is 1.28. The van der Waals surface area contributed by atoms with Crippen LogP contribution in [0.5, 0.6) is 0 Å². The van der Waals surface area contributed by atoms with E-state index in [-0.39, 0.29) is 12.0 Å². The average Bonchev–Trinajstić information content (AvgIpc) is 3.72. The van der Waals surface area contributed by atoms with Gasteiger partial charge in [0.2, 0.25) is 0 Å². The maximum absolute atomic E-state index is 3.53. The van der Waals surface area contributed by atoms with E-state index in [2.05, 4.69) is 135 Å². The minimum atomic E-state index is 0.209. The van der Waals surface area contributed by atoms with E-state index in [1.807, 2.05) is 11.3 Å². The molecule has 0 bridgehead atoms. The molecule has 0 spiro atoms. The van der Waals surface area contributed by atoms with Crippen molar-refractivity contribution in [2.24, 2.45) is 0 Å². The van der Waals surface area contributed by atoms with Gasteiger partial charge >= 0.3 is 0 Å². The van der Waals surface area contributed by atoms with Gasteiger partial charge in [0.1, 0.15) is 5.65 Å². The van der Waals surface area contributed by atoms with Gasteiger partial charge in [-0.05, 0) is 65.8 Å². The highest BCUT2D eigenvalue weighted by atomic mass is 32.1. The summed E-state index contributed by atoms with van der Waals surface area (Å²) in [4.78, 5) is 6.17. The van der Waals surface area contributed by atoms with Crippen LogP contribution in [-0.4, -0.2) is 15.6 Å². The molecule has 3 aromatic carbocycles. The topological polar surface area (TPSA) is 24.0 Å². The smallest absolute Gasteiger partial charge is 0.123 e. The van der Waals surface area contributed by atoms with Crippen molar-refractivity contribution >= 4 is 54.7 Å². The Kier molecular flexibility index (Phi) is 4.73. The zero-order valence-corrected chi connectivity index (χ0v) is 22.7. The van der Waals surface area contributed by atoms with E-state index in [1.54, 1.807) is 0 Å². The van der Waals surface area contributed by atoms with Gasteiger partial charge in [-0.3, -0.25) is 4.57 Å². The van der Waals surface area contributed by atoms with Crippen LogP contribution in [0.15, 0.2) is 127 Å². The zero-order chi connectivity index (χ0) is 26.2. The number of hydrogen-bond acceptors (Lipinski definition) is 2. The fourth-order valence-electron chi connectivity index (χ4n) is 7.23. The van der Waals surface area contributed by atoms with Crippen LogP contribution in [0, 0.1) is 0 Å². The van der Waals surface area contributed by atoms with Crippen molar-refractivity contribution in [2.45, 2.75) is 24.8 Å². The van der Waals surface area contributed by atoms with Gasteiger partial charge in [-0.15, -0.1) is 11.3 Å². The lowest BCUT2D eigenvalue weighted by Gasteiger charge is -2.38. The number of H-pyrrole nitrogens is 1. The number of anilines is 1. The molecule has 3 nitrogen and oxygen atoms in total. The normalized spacial score (nSPS) is 19.9. The molecule has 1 aliphatic heterocycles. The SMILES string of the molecule is C1=CC2c3ccc4sccc4c3-c3ccccc3N(C3=CC(n4c5ccccc5c5cc[nH]c54)=CCC3)C2C=C1. The lowest BCUT2D eigenvalue weighted by molar-refractivity contribution is 0.659. The van der Waals surface area contributed by atoms with Crippen LogP contribution < -0.4 is 4.90 Å². The zero-order valence-electron chi connectivity index (χ0n) is 21.9. The Labute approximate surface area is 236 Å². The van der Waals surface area contributed by atoms with Crippen LogP contribution in [0.1, 0.15) is 24.3 Å². The molecular weight excluding hydrogens is 506 g/mol. The van der Waals surface area contributed by atoms with Crippen LogP contribution in [0.4, 0.5) is 5.69 Å². The molecule has 2 unspecified atom stereocenters. The van der Waals surface area contributed by atoms with E-state index in [1.165, 1.54) is 60.1 Å². The van der Waals surface area contributed by atoms with Crippen LogP contribution in [0.3, 0.4) is 0 Å². The fourth-order valence-corrected chi connectivity index (χ4v) is 8.03. The highest BCUT2D eigenvalue weighted by molar-refractivity contribution is 7.17. The van der Waals surface area contributed by atoms with Crippen LogP contribution in [0.25, 0.3) is 48.8 Å². The summed E-state index contributed by atoms with van der Waals surface area (Å²) in [7, 11) is 0. The van der Waals surface area contributed by atoms with Crippen molar-refractivity contribution in [1.82, 2.24) is 9.55 Å². The molecule has 3 aliphatic rings. The van der Waals surface area contributed by atoms with E-state index in [4.69, 9.17) is 0 Å². The Morgan fingerprint density at radius 3 is 2.73 bits per heavy atom. The summed E-state index contributed by atoms with van der Waals surface area (Å²) in [5.41, 5.74) is 10.4. The molecule has 192 valence electrons. The summed E-state index contributed by atoms with van der Waals surface area (Å²) in [5, 5.41) is 6.15. The quantitative estimate of drug-likeness (QED) is 0.235. The van der Waals surface area contributed by atoms with Gasteiger partial charge in [0.05, 0.1) is 11.6 Å². The van der Waals surface area contributed by atoms with E-state index >= 15 is 0 Å². The van der Waals surface area contributed by atoms with Gasteiger partial charge in [0.15, 0.2) is 0 Å². The second-order valence-corrected chi connectivity index (χ2v) is 11.9. The average molecular weight is 534 g/mol. The summed E-state index contributed by atoms with van der Waals surface area (Å²) in [6.45, 7) is 0. The summed E-state index contributed by atoms with van der Waals surface area (Å²) >= 11 is 1.83. The monoisotopic (exact) mass is 533 g/mol. The number of allylic oxidation sites excluding steroid dienone is 6. The number of hydrogen-bond donors (Lipinski definition) is 1. The number of aromatic amines is 1. The van der Waals surface area contributed by atoms with Crippen molar-refractivity contribution in [2.75, 3.05) is 4.90 Å². The van der Waals surface area contributed by atoms with Crippen LogP contribution >= 0.6 is 11.3 Å². The molecule has 0 radical (unpaired) electrons. The summed E-state index contributed by atoms with van der Waals surface area (Å²) in [5.74, 6) is 0.273. The van der Waals surface area contributed by atoms with Crippen LogP contribution in [-0.2, 0) is 0 Å². The summed E-state index contributed by atoms with van der Waals surface area (Å²) in [6.07, 6.45) is 18.2. The second kappa shape index (κ2) is 8.48. The predicted octanol–water partition coefficient (Wildman–Crippen LogP) is 9.62. The predicted molar refractivity (Wildman–Crippen MR) is 170 cm³/mol. The number of benzene rings is 3. The number of fused-ring (bicyclic) bond motifs is 10. The molecule has 0 saturated carbocycles. The molecule has 4 heteroatoms. The van der Waals surface area contributed by atoms with Gasteiger partial charge in [-0.2, -0.15) is 0 Å². The molecule has 6 aromatic rings. The first-order valence-electron chi connectivity index (χ1n) is 14.1. The molecule has 2 aliphatic carbocycles. The number of nitrogens with one attached hydrogen (secondary N) is 1. The first-order chi connectivity index (χ1) is 19.9. The first kappa shape index (κ1) is 22.3. The molecular formula is C36H27N3S. The number of rotatable bonds is 2. The van der Waals surface area contributed by atoms with Gasteiger partial charge in [0.25, 0.3) is 0 Å². The third-order valence-corrected chi connectivity index (χ3v) is 9.77. The van der Waals surface area contributed by atoms with Crippen molar-refractivity contribution in [3.8, 4) is 11.1 Å². The Morgan fingerprint density at radius 1 is 0.825 bits per heavy atom. The number of para-hydroxylation sites is 2. The highest BCUT2D eigenvalue weighted by Crippen LogP contribution is 2.50. The Morgan fingerprint density at radius 2 is 1.73 bits per heavy atom. The fraction of sp³-hybridized carbons (Fsp3) is 0.111. The minimum Gasteiger partial charge on any atom is -0.347 e. The summed E-state index contributed by atoms with van der Waals surface area (Å²) in [6, 6.07) is 27.2. The van der Waals surface area contributed by atoms with Crippen LogP contribution in [0.2, 0.25) is 0 Å². The summed E-state index contributed by atoms with van der Waals surface area (Å²) < 4.78 is 3.76. The highest BCUT2D eigenvalue weighted by Gasteiger charge is 2.36. The molecule has 0 saturated heterocycles. The molecule has 3 aromatic heterocycles. The molecule has 1 N–H and O–H groups in total. The van der Waals surface area contributed by atoms with E-state index < -0.39 is 0 Å². The third kappa shape index (κ3) is 3.05. The van der Waals surface area contributed by atoms with Gasteiger partial charge in [-0.1, -0.05) is 72.8 Å². The molecule has 40 heavy (non-hydrogen) atoms. The molecule has 0 amide bonds. The van der Waals surface area contributed by atoms with Gasteiger partial charge < -0.3 is 9.88 Å². The molecule has 9 rings (SSSR count). The van der Waals surface area contributed by atoms with Crippen molar-refractivity contribution in [3.63, 3.8) is 0 Å². The lowest BCUT2D eigenvalue weighted by Crippen LogP contribution is -2.38.